The molecule has 1 atom stereocenters. The van der Waals surface area contributed by atoms with E-state index in [1.54, 1.807) is 36.9 Å². The molecule has 1 amide bonds. The van der Waals surface area contributed by atoms with Crippen LogP contribution in [0.5, 0.6) is 5.75 Å². The number of rotatable bonds is 13. The van der Waals surface area contributed by atoms with Crippen LogP contribution < -0.4 is 10.1 Å². The van der Waals surface area contributed by atoms with E-state index in [1.165, 1.54) is 0 Å². The van der Waals surface area contributed by atoms with Crippen LogP contribution in [-0.4, -0.2) is 65.9 Å². The summed E-state index contributed by atoms with van der Waals surface area (Å²) in [4.78, 5) is 27.6. The largest absolute Gasteiger partial charge is 0.497 e. The molecule has 37 heavy (non-hydrogen) atoms. The van der Waals surface area contributed by atoms with Crippen molar-refractivity contribution in [2.24, 2.45) is 0 Å². The van der Waals surface area contributed by atoms with E-state index >= 15 is 0 Å². The van der Waals surface area contributed by atoms with Gasteiger partial charge < -0.3 is 19.7 Å². The first-order valence-corrected chi connectivity index (χ1v) is 12.9. The fourth-order valence-electron chi connectivity index (χ4n) is 4.16. The summed E-state index contributed by atoms with van der Waals surface area (Å²) in [6.07, 6.45) is 1.96. The normalized spacial score (nSPS) is 11.8. The fourth-order valence-corrected chi connectivity index (χ4v) is 4.16. The molecule has 0 fully saturated rings. The maximum atomic E-state index is 12.8. The number of methoxy groups -OCH3 is 1. The second kappa shape index (κ2) is 13.6. The van der Waals surface area contributed by atoms with Gasteiger partial charge in [0.1, 0.15) is 5.75 Å². The lowest BCUT2D eigenvalue weighted by Gasteiger charge is -2.19. The number of amides is 1. The van der Waals surface area contributed by atoms with E-state index in [9.17, 15) is 9.59 Å². The Kier molecular flexibility index (Phi) is 10.3. The molecule has 1 N–H and O–H groups in total. The van der Waals surface area contributed by atoms with Crippen molar-refractivity contribution in [3.05, 3.63) is 65.9 Å². The molecule has 8 nitrogen and oxygen atoms in total. The third-order valence-electron chi connectivity index (χ3n) is 6.32. The molecule has 0 aliphatic heterocycles. The van der Waals surface area contributed by atoms with Crippen LogP contribution >= 0.6 is 0 Å². The Balaban J connectivity index is 1.78. The zero-order valence-corrected chi connectivity index (χ0v) is 22.5. The molecule has 3 rings (SSSR count). The van der Waals surface area contributed by atoms with Crippen molar-refractivity contribution in [2.75, 3.05) is 33.4 Å². The van der Waals surface area contributed by atoms with Gasteiger partial charge in [0.25, 0.3) is 5.91 Å². The minimum Gasteiger partial charge on any atom is -0.497 e. The summed E-state index contributed by atoms with van der Waals surface area (Å²) < 4.78 is 12.2. The van der Waals surface area contributed by atoms with E-state index in [0.29, 0.717) is 17.0 Å². The van der Waals surface area contributed by atoms with Crippen molar-refractivity contribution in [3.63, 3.8) is 0 Å². The number of aromatic nitrogens is 2. The van der Waals surface area contributed by atoms with Crippen molar-refractivity contribution in [1.29, 1.82) is 0 Å². The lowest BCUT2D eigenvalue weighted by molar-refractivity contribution is 0.0518. The van der Waals surface area contributed by atoms with E-state index in [2.05, 4.69) is 29.2 Å². The Labute approximate surface area is 219 Å². The lowest BCUT2D eigenvalue weighted by Crippen LogP contribution is -2.33. The SMILES string of the molecule is CCOC(=O)c1cc(-c2cccc(OC)c2)n(-c2ccc(C(=O)NC(C)CCCN(CC)CC)cc2)n1. The van der Waals surface area contributed by atoms with Crippen molar-refractivity contribution >= 4 is 11.9 Å². The van der Waals surface area contributed by atoms with Crippen LogP contribution in [0.1, 0.15) is 61.4 Å². The van der Waals surface area contributed by atoms with Gasteiger partial charge in [-0.1, -0.05) is 26.0 Å². The van der Waals surface area contributed by atoms with E-state index in [0.717, 1.165) is 43.7 Å². The third kappa shape index (κ3) is 7.43. The molecule has 198 valence electrons. The van der Waals surface area contributed by atoms with E-state index in [4.69, 9.17) is 9.47 Å². The molecule has 0 aliphatic rings. The van der Waals surface area contributed by atoms with Gasteiger partial charge in [-0.25, -0.2) is 9.48 Å². The predicted molar refractivity (Wildman–Crippen MR) is 145 cm³/mol. The van der Waals surface area contributed by atoms with Crippen LogP contribution in [0.15, 0.2) is 54.6 Å². The third-order valence-corrected chi connectivity index (χ3v) is 6.32. The summed E-state index contributed by atoms with van der Waals surface area (Å²) >= 11 is 0. The highest BCUT2D eigenvalue weighted by molar-refractivity contribution is 5.94. The molecule has 0 spiro atoms. The molecule has 0 aliphatic carbocycles. The Morgan fingerprint density at radius 2 is 1.78 bits per heavy atom. The first-order chi connectivity index (χ1) is 17.9. The first-order valence-electron chi connectivity index (χ1n) is 12.9. The number of esters is 1. The van der Waals surface area contributed by atoms with Gasteiger partial charge in [-0.2, -0.15) is 5.10 Å². The van der Waals surface area contributed by atoms with Crippen LogP contribution in [0.2, 0.25) is 0 Å². The number of benzene rings is 2. The highest BCUT2D eigenvalue weighted by atomic mass is 16.5. The van der Waals surface area contributed by atoms with Crippen molar-refractivity contribution < 1.29 is 19.1 Å². The van der Waals surface area contributed by atoms with E-state index in [1.807, 2.05) is 43.3 Å². The Hall–Kier alpha value is -3.65. The maximum absolute atomic E-state index is 12.8. The second-order valence-electron chi connectivity index (χ2n) is 8.87. The average Bonchev–Trinajstić information content (AvgIpc) is 3.37. The van der Waals surface area contributed by atoms with Crippen LogP contribution in [0.4, 0.5) is 0 Å². The topological polar surface area (TPSA) is 85.7 Å². The van der Waals surface area contributed by atoms with Gasteiger partial charge >= 0.3 is 5.97 Å². The highest BCUT2D eigenvalue weighted by Gasteiger charge is 2.19. The smallest absolute Gasteiger partial charge is 0.358 e. The molecule has 0 saturated heterocycles. The summed E-state index contributed by atoms with van der Waals surface area (Å²) in [5, 5.41) is 7.61. The summed E-state index contributed by atoms with van der Waals surface area (Å²) in [7, 11) is 1.61. The van der Waals surface area contributed by atoms with Gasteiger partial charge in [0.15, 0.2) is 5.69 Å². The standard InChI is InChI=1S/C29H38N4O4/c1-6-32(7-2)18-10-11-21(4)30-28(34)22-14-16-24(17-15-22)33-27(20-26(31-33)29(35)37-8-3)23-12-9-13-25(19-23)36-5/h9,12-17,19-21H,6-8,10-11,18H2,1-5H3,(H,30,34). The van der Waals surface area contributed by atoms with Gasteiger partial charge in [-0.3, -0.25) is 4.79 Å². The molecular weight excluding hydrogens is 468 g/mol. The van der Waals surface area contributed by atoms with Crippen molar-refractivity contribution in [1.82, 2.24) is 20.0 Å². The minimum absolute atomic E-state index is 0.0839. The van der Waals surface area contributed by atoms with Gasteiger partial charge in [0, 0.05) is 17.2 Å². The summed E-state index contributed by atoms with van der Waals surface area (Å²) in [6, 6.07) is 16.5. The Bertz CT molecular complexity index is 1170. The Morgan fingerprint density at radius 1 is 1.05 bits per heavy atom. The summed E-state index contributed by atoms with van der Waals surface area (Å²) in [5.41, 5.74) is 3.04. The van der Waals surface area contributed by atoms with Crippen LogP contribution in [0.3, 0.4) is 0 Å². The molecule has 1 aromatic heterocycles. The number of carbonyl (C=O) groups excluding carboxylic acids is 2. The van der Waals surface area contributed by atoms with E-state index < -0.39 is 5.97 Å². The highest BCUT2D eigenvalue weighted by Crippen LogP contribution is 2.27. The van der Waals surface area contributed by atoms with Gasteiger partial charge in [0.2, 0.25) is 0 Å². The van der Waals surface area contributed by atoms with Crippen LogP contribution in [-0.2, 0) is 4.74 Å². The average molecular weight is 507 g/mol. The zero-order valence-electron chi connectivity index (χ0n) is 22.5. The lowest BCUT2D eigenvalue weighted by atomic mass is 10.1. The monoisotopic (exact) mass is 506 g/mol. The number of hydrogen-bond acceptors (Lipinski definition) is 6. The second-order valence-corrected chi connectivity index (χ2v) is 8.87. The van der Waals surface area contributed by atoms with Crippen molar-refractivity contribution in [3.8, 4) is 22.7 Å². The molecule has 8 heteroatoms. The number of nitrogens with one attached hydrogen (secondary N) is 1. The molecule has 0 radical (unpaired) electrons. The molecule has 3 aromatic rings. The predicted octanol–water partition coefficient (Wildman–Crippen LogP) is 4.96. The number of carbonyl (C=O) groups is 2. The maximum Gasteiger partial charge on any atom is 0.358 e. The number of nitrogens with zero attached hydrogens (tertiary/aromatic N) is 3. The summed E-state index contributed by atoms with van der Waals surface area (Å²) in [5.74, 6) is 0.0973. The van der Waals surface area contributed by atoms with Crippen molar-refractivity contribution in [2.45, 2.75) is 46.6 Å². The van der Waals surface area contributed by atoms with Crippen LogP contribution in [0.25, 0.3) is 16.9 Å². The molecule has 0 saturated carbocycles. The minimum atomic E-state index is -0.489. The number of ether oxygens (including phenoxy) is 2. The van der Waals surface area contributed by atoms with Crippen LogP contribution in [0, 0.1) is 0 Å². The summed E-state index contributed by atoms with van der Waals surface area (Å²) in [6.45, 7) is 11.5. The fraction of sp³-hybridized carbons (Fsp3) is 0.414. The zero-order chi connectivity index (χ0) is 26.8. The van der Waals surface area contributed by atoms with Gasteiger partial charge in [-0.05, 0) is 88.8 Å². The first kappa shape index (κ1) is 27.9. The quantitative estimate of drug-likeness (QED) is 0.330. The molecular formula is C29H38N4O4. The Morgan fingerprint density at radius 3 is 2.43 bits per heavy atom. The van der Waals surface area contributed by atoms with Gasteiger partial charge in [0.05, 0.1) is 25.1 Å². The van der Waals surface area contributed by atoms with Gasteiger partial charge in [-0.15, -0.1) is 0 Å². The molecule has 0 bridgehead atoms. The molecule has 1 heterocycles. The molecule has 1 unspecified atom stereocenters. The number of hydrogen-bond donors (Lipinski definition) is 1. The molecule has 2 aromatic carbocycles. The van der Waals surface area contributed by atoms with E-state index in [-0.39, 0.29) is 24.2 Å².